The van der Waals surface area contributed by atoms with E-state index >= 15 is 0 Å². The summed E-state index contributed by atoms with van der Waals surface area (Å²) < 4.78 is 0. The van der Waals surface area contributed by atoms with Gasteiger partial charge in [-0.15, -0.1) is 0 Å². The molecule has 1 atom stereocenters. The van der Waals surface area contributed by atoms with Gasteiger partial charge < -0.3 is 15.3 Å². The SMILES string of the molecule is CC1CCN(CC(O)CNC(=O)c2ncncc2Cl)CC1. The van der Waals surface area contributed by atoms with Crippen LogP contribution in [0, 0.1) is 5.92 Å². The molecule has 0 aromatic carbocycles. The highest BCUT2D eigenvalue weighted by atomic mass is 35.5. The van der Waals surface area contributed by atoms with Crippen molar-refractivity contribution < 1.29 is 9.90 Å². The van der Waals surface area contributed by atoms with Crippen LogP contribution in [-0.4, -0.2) is 58.2 Å². The van der Waals surface area contributed by atoms with Crippen LogP contribution in [0.4, 0.5) is 0 Å². The summed E-state index contributed by atoms with van der Waals surface area (Å²) in [5.41, 5.74) is 0.130. The van der Waals surface area contributed by atoms with Crippen LogP contribution >= 0.6 is 11.6 Å². The Morgan fingerprint density at radius 2 is 2.29 bits per heavy atom. The quantitative estimate of drug-likeness (QED) is 0.846. The first-order valence-electron chi connectivity index (χ1n) is 7.20. The van der Waals surface area contributed by atoms with Crippen LogP contribution in [0.1, 0.15) is 30.3 Å². The Morgan fingerprint density at radius 3 is 2.95 bits per heavy atom. The van der Waals surface area contributed by atoms with Crippen LogP contribution in [0.3, 0.4) is 0 Å². The molecule has 21 heavy (non-hydrogen) atoms. The van der Waals surface area contributed by atoms with Gasteiger partial charge in [-0.1, -0.05) is 18.5 Å². The summed E-state index contributed by atoms with van der Waals surface area (Å²) in [7, 11) is 0. The lowest BCUT2D eigenvalue weighted by Crippen LogP contribution is -2.43. The van der Waals surface area contributed by atoms with Gasteiger partial charge in [0.25, 0.3) is 5.91 Å². The zero-order chi connectivity index (χ0) is 15.2. The molecule has 1 aromatic heterocycles. The number of aliphatic hydroxyl groups excluding tert-OH is 1. The van der Waals surface area contributed by atoms with E-state index in [4.69, 9.17) is 11.6 Å². The van der Waals surface area contributed by atoms with Crippen LogP contribution in [0.25, 0.3) is 0 Å². The second-order valence-electron chi connectivity index (χ2n) is 5.57. The van der Waals surface area contributed by atoms with E-state index in [0.717, 1.165) is 31.8 Å². The minimum Gasteiger partial charge on any atom is -0.390 e. The number of likely N-dealkylation sites (tertiary alicyclic amines) is 1. The number of β-amino-alcohol motifs (C(OH)–C–C–N with tert-alkyl or cyclic N) is 1. The number of carbonyl (C=O) groups excluding carboxylic acids is 1. The van der Waals surface area contributed by atoms with Crippen molar-refractivity contribution >= 4 is 17.5 Å². The number of carbonyl (C=O) groups is 1. The number of hydrogen-bond donors (Lipinski definition) is 2. The number of aliphatic hydroxyl groups is 1. The van der Waals surface area contributed by atoms with E-state index in [1.807, 2.05) is 0 Å². The molecule has 1 aromatic rings. The third-order valence-corrected chi connectivity index (χ3v) is 4.00. The molecule has 1 fully saturated rings. The highest BCUT2D eigenvalue weighted by Gasteiger charge is 2.19. The van der Waals surface area contributed by atoms with Gasteiger partial charge in [-0.05, 0) is 31.8 Å². The molecule has 1 amide bonds. The van der Waals surface area contributed by atoms with Crippen molar-refractivity contribution in [1.29, 1.82) is 0 Å². The molecule has 2 rings (SSSR count). The summed E-state index contributed by atoms with van der Waals surface area (Å²) in [6, 6.07) is 0. The average molecular weight is 313 g/mol. The predicted octanol–water partition coefficient (Wildman–Crippen LogP) is 0.953. The molecule has 2 N–H and O–H groups in total. The van der Waals surface area contributed by atoms with Gasteiger partial charge in [0.05, 0.1) is 11.1 Å². The van der Waals surface area contributed by atoms with Crippen LogP contribution in [0.5, 0.6) is 0 Å². The maximum atomic E-state index is 11.9. The van der Waals surface area contributed by atoms with Gasteiger partial charge in [0.1, 0.15) is 12.0 Å². The van der Waals surface area contributed by atoms with Crippen molar-refractivity contribution in [2.24, 2.45) is 5.92 Å². The van der Waals surface area contributed by atoms with Crippen LogP contribution in [0.15, 0.2) is 12.5 Å². The lowest BCUT2D eigenvalue weighted by atomic mass is 9.99. The number of piperidine rings is 1. The minimum absolute atomic E-state index is 0.130. The van der Waals surface area contributed by atoms with Crippen LogP contribution in [-0.2, 0) is 0 Å². The second kappa shape index (κ2) is 7.68. The molecule has 0 bridgehead atoms. The highest BCUT2D eigenvalue weighted by Crippen LogP contribution is 2.16. The molecule has 1 aliphatic heterocycles. The lowest BCUT2D eigenvalue weighted by Gasteiger charge is -2.31. The van der Waals surface area contributed by atoms with Gasteiger partial charge in [-0.2, -0.15) is 0 Å². The maximum Gasteiger partial charge on any atom is 0.271 e. The zero-order valence-corrected chi connectivity index (χ0v) is 12.9. The Bertz CT molecular complexity index is 478. The average Bonchev–Trinajstić information content (AvgIpc) is 2.48. The summed E-state index contributed by atoms with van der Waals surface area (Å²) in [6.07, 6.45) is 4.37. The molecule has 0 spiro atoms. The highest BCUT2D eigenvalue weighted by molar-refractivity contribution is 6.33. The minimum atomic E-state index is -0.594. The van der Waals surface area contributed by atoms with Gasteiger partial charge in [0, 0.05) is 19.3 Å². The molecule has 0 saturated carbocycles. The van der Waals surface area contributed by atoms with E-state index in [0.29, 0.717) is 6.54 Å². The lowest BCUT2D eigenvalue weighted by molar-refractivity contribution is 0.0792. The molecule has 116 valence electrons. The fraction of sp³-hybridized carbons (Fsp3) is 0.643. The number of nitrogens with one attached hydrogen (secondary N) is 1. The number of halogens is 1. The maximum absolute atomic E-state index is 11.9. The molecular weight excluding hydrogens is 292 g/mol. The molecule has 0 aliphatic carbocycles. The second-order valence-corrected chi connectivity index (χ2v) is 5.97. The Hall–Kier alpha value is -1.24. The molecule has 6 nitrogen and oxygen atoms in total. The number of rotatable bonds is 5. The van der Waals surface area contributed by atoms with Crippen LogP contribution < -0.4 is 5.32 Å². The molecule has 0 radical (unpaired) electrons. The summed E-state index contributed by atoms with van der Waals surface area (Å²) in [5.74, 6) is 0.367. The Labute approximate surface area is 129 Å². The van der Waals surface area contributed by atoms with Gasteiger partial charge in [0.2, 0.25) is 0 Å². The van der Waals surface area contributed by atoms with Gasteiger partial charge in [-0.3, -0.25) is 4.79 Å². The fourth-order valence-electron chi connectivity index (χ4n) is 2.38. The van der Waals surface area contributed by atoms with Crippen molar-refractivity contribution in [3.63, 3.8) is 0 Å². The van der Waals surface area contributed by atoms with E-state index in [-0.39, 0.29) is 17.3 Å². The van der Waals surface area contributed by atoms with Crippen molar-refractivity contribution in [1.82, 2.24) is 20.2 Å². The number of hydrogen-bond acceptors (Lipinski definition) is 5. The number of amides is 1. The van der Waals surface area contributed by atoms with E-state index in [2.05, 4.69) is 27.1 Å². The third kappa shape index (κ3) is 4.91. The standard InChI is InChI=1S/C14H21ClN4O2/c1-10-2-4-19(5-3-10)8-11(20)6-17-14(21)13-12(15)7-16-9-18-13/h7,9-11,20H,2-6,8H2,1H3,(H,17,21). The number of aromatic nitrogens is 2. The van der Waals surface area contributed by atoms with E-state index < -0.39 is 12.0 Å². The number of nitrogens with zero attached hydrogens (tertiary/aromatic N) is 3. The molecule has 2 heterocycles. The Morgan fingerprint density at radius 1 is 1.57 bits per heavy atom. The van der Waals surface area contributed by atoms with E-state index in [1.54, 1.807) is 0 Å². The van der Waals surface area contributed by atoms with Gasteiger partial charge in [-0.25, -0.2) is 9.97 Å². The first-order chi connectivity index (χ1) is 10.1. The van der Waals surface area contributed by atoms with Gasteiger partial charge >= 0.3 is 0 Å². The van der Waals surface area contributed by atoms with Gasteiger partial charge in [0.15, 0.2) is 0 Å². The normalized spacial score (nSPS) is 18.4. The zero-order valence-electron chi connectivity index (χ0n) is 12.1. The van der Waals surface area contributed by atoms with Crippen molar-refractivity contribution in [3.05, 3.63) is 23.2 Å². The first kappa shape index (κ1) is 16.1. The van der Waals surface area contributed by atoms with E-state index in [1.165, 1.54) is 12.5 Å². The van der Waals surface area contributed by atoms with Crippen molar-refractivity contribution in [2.45, 2.75) is 25.9 Å². The molecule has 1 unspecified atom stereocenters. The molecule has 1 saturated heterocycles. The van der Waals surface area contributed by atoms with E-state index in [9.17, 15) is 9.90 Å². The smallest absolute Gasteiger partial charge is 0.271 e. The molecular formula is C14H21ClN4O2. The first-order valence-corrected chi connectivity index (χ1v) is 7.58. The van der Waals surface area contributed by atoms with Crippen molar-refractivity contribution in [2.75, 3.05) is 26.2 Å². The Kier molecular flexibility index (Phi) is 5.90. The van der Waals surface area contributed by atoms with Crippen molar-refractivity contribution in [3.8, 4) is 0 Å². The predicted molar refractivity (Wildman–Crippen MR) is 80.2 cm³/mol. The summed E-state index contributed by atoms with van der Waals surface area (Å²) in [6.45, 7) is 5.02. The largest absolute Gasteiger partial charge is 0.390 e. The molecule has 7 heteroatoms. The summed E-state index contributed by atoms with van der Waals surface area (Å²) in [4.78, 5) is 21.7. The summed E-state index contributed by atoms with van der Waals surface area (Å²) >= 11 is 5.85. The third-order valence-electron chi connectivity index (χ3n) is 3.73. The van der Waals surface area contributed by atoms with Crippen LogP contribution in [0.2, 0.25) is 5.02 Å². The summed E-state index contributed by atoms with van der Waals surface area (Å²) in [5, 5.41) is 12.9. The monoisotopic (exact) mass is 312 g/mol. The molecule has 1 aliphatic rings. The topological polar surface area (TPSA) is 78.4 Å². The Balaban J connectivity index is 1.75. The fourth-order valence-corrected chi connectivity index (χ4v) is 2.57.